The van der Waals surface area contributed by atoms with Crippen LogP contribution in [0.2, 0.25) is 0 Å². The van der Waals surface area contributed by atoms with Crippen LogP contribution in [0.3, 0.4) is 0 Å². The second kappa shape index (κ2) is 6.60. The van der Waals surface area contributed by atoms with Gasteiger partial charge in [0.25, 0.3) is 5.56 Å². The molecule has 0 fully saturated rings. The maximum Gasteiger partial charge on any atom is 0.294 e. The molecule has 0 aliphatic carbocycles. The van der Waals surface area contributed by atoms with Crippen LogP contribution in [-0.2, 0) is 15.6 Å². The molecule has 3 rings (SSSR count). The highest BCUT2D eigenvalue weighted by atomic mass is 32.2. The number of furan rings is 1. The molecule has 0 saturated heterocycles. The average molecular weight is 346 g/mol. The van der Waals surface area contributed by atoms with E-state index in [0.29, 0.717) is 17.7 Å². The molecule has 7 heteroatoms. The van der Waals surface area contributed by atoms with Gasteiger partial charge in [0.1, 0.15) is 22.9 Å². The molecule has 0 atom stereocenters. The van der Waals surface area contributed by atoms with Crippen molar-refractivity contribution < 1.29 is 12.8 Å². The smallest absolute Gasteiger partial charge is 0.294 e. The zero-order valence-corrected chi connectivity index (χ0v) is 14.1. The van der Waals surface area contributed by atoms with E-state index in [-0.39, 0.29) is 22.9 Å². The SMILES string of the molecule is CCCCS(=O)(=O)Cc1nc2cc(-c3ccccc3)oc2c(=O)[nH]1. The summed E-state index contributed by atoms with van der Waals surface area (Å²) in [6.45, 7) is 1.93. The largest absolute Gasteiger partial charge is 0.449 e. The minimum absolute atomic E-state index is 0.0892. The van der Waals surface area contributed by atoms with Crippen molar-refractivity contribution >= 4 is 20.9 Å². The highest BCUT2D eigenvalue weighted by Gasteiger charge is 2.17. The molecule has 126 valence electrons. The zero-order chi connectivity index (χ0) is 17.2. The number of hydrogen-bond donors (Lipinski definition) is 1. The summed E-state index contributed by atoms with van der Waals surface area (Å²) in [6, 6.07) is 11.0. The molecule has 0 saturated carbocycles. The number of aromatic amines is 1. The van der Waals surface area contributed by atoms with E-state index in [2.05, 4.69) is 9.97 Å². The van der Waals surface area contributed by atoms with Crippen molar-refractivity contribution in [3.05, 3.63) is 52.6 Å². The van der Waals surface area contributed by atoms with E-state index in [1.54, 1.807) is 6.07 Å². The first-order valence-electron chi connectivity index (χ1n) is 7.77. The lowest BCUT2D eigenvalue weighted by Gasteiger charge is -2.02. The lowest BCUT2D eigenvalue weighted by Crippen LogP contribution is -2.16. The van der Waals surface area contributed by atoms with E-state index in [9.17, 15) is 13.2 Å². The van der Waals surface area contributed by atoms with E-state index in [1.165, 1.54) is 0 Å². The molecule has 6 nitrogen and oxygen atoms in total. The van der Waals surface area contributed by atoms with Crippen LogP contribution >= 0.6 is 0 Å². The quantitative estimate of drug-likeness (QED) is 0.741. The highest BCUT2D eigenvalue weighted by molar-refractivity contribution is 7.90. The van der Waals surface area contributed by atoms with Crippen LogP contribution in [0.5, 0.6) is 0 Å². The van der Waals surface area contributed by atoms with Gasteiger partial charge in [0, 0.05) is 11.6 Å². The fourth-order valence-corrected chi connectivity index (χ4v) is 3.87. The van der Waals surface area contributed by atoms with Crippen LogP contribution in [0.15, 0.2) is 45.6 Å². The van der Waals surface area contributed by atoms with E-state index in [4.69, 9.17) is 4.42 Å². The van der Waals surface area contributed by atoms with Gasteiger partial charge in [0.15, 0.2) is 9.84 Å². The molecule has 24 heavy (non-hydrogen) atoms. The monoisotopic (exact) mass is 346 g/mol. The molecule has 0 spiro atoms. The normalized spacial score (nSPS) is 11.9. The first-order chi connectivity index (χ1) is 11.5. The molecule has 0 aliphatic rings. The summed E-state index contributed by atoms with van der Waals surface area (Å²) in [5.41, 5.74) is 0.816. The molecule has 2 heterocycles. The third kappa shape index (κ3) is 3.56. The van der Waals surface area contributed by atoms with Crippen molar-refractivity contribution in [3.63, 3.8) is 0 Å². The molecule has 0 aliphatic heterocycles. The van der Waals surface area contributed by atoms with Crippen LogP contribution in [0.25, 0.3) is 22.4 Å². The summed E-state index contributed by atoms with van der Waals surface area (Å²) >= 11 is 0. The molecule has 1 aromatic carbocycles. The Morgan fingerprint density at radius 1 is 1.21 bits per heavy atom. The lowest BCUT2D eigenvalue weighted by atomic mass is 10.2. The Bertz CT molecular complexity index is 1000. The van der Waals surface area contributed by atoms with Gasteiger partial charge in [-0.15, -0.1) is 0 Å². The Kier molecular flexibility index (Phi) is 4.53. The fraction of sp³-hybridized carbons (Fsp3) is 0.294. The van der Waals surface area contributed by atoms with Gasteiger partial charge in [-0.05, 0) is 6.42 Å². The number of aromatic nitrogens is 2. The number of rotatable bonds is 6. The number of fused-ring (bicyclic) bond motifs is 1. The van der Waals surface area contributed by atoms with Gasteiger partial charge in [-0.1, -0.05) is 43.7 Å². The van der Waals surface area contributed by atoms with Crippen molar-refractivity contribution in [1.29, 1.82) is 0 Å². The van der Waals surface area contributed by atoms with E-state index in [1.807, 2.05) is 37.3 Å². The maximum absolute atomic E-state index is 12.2. The molecule has 0 radical (unpaired) electrons. The first kappa shape index (κ1) is 16.4. The van der Waals surface area contributed by atoms with Crippen molar-refractivity contribution in [1.82, 2.24) is 9.97 Å². The number of sulfone groups is 1. The Balaban J connectivity index is 1.97. The fourth-order valence-electron chi connectivity index (χ4n) is 2.45. The summed E-state index contributed by atoms with van der Waals surface area (Å²) in [4.78, 5) is 18.9. The third-order valence-corrected chi connectivity index (χ3v) is 5.28. The van der Waals surface area contributed by atoms with Gasteiger partial charge in [-0.25, -0.2) is 13.4 Å². The highest BCUT2D eigenvalue weighted by Crippen LogP contribution is 2.24. The zero-order valence-electron chi connectivity index (χ0n) is 13.3. The van der Waals surface area contributed by atoms with Gasteiger partial charge >= 0.3 is 0 Å². The van der Waals surface area contributed by atoms with Crippen LogP contribution in [0.1, 0.15) is 25.6 Å². The second-order valence-corrected chi connectivity index (χ2v) is 7.83. The first-order valence-corrected chi connectivity index (χ1v) is 9.59. The van der Waals surface area contributed by atoms with Gasteiger partial charge in [0.05, 0.1) is 5.75 Å². The standard InChI is InChI=1S/C17H18N2O4S/c1-2-3-9-24(21,22)11-15-18-13-10-14(12-7-5-4-6-8-12)23-16(13)17(20)19-15/h4-8,10H,2-3,9,11H2,1H3,(H,18,19,20). The summed E-state index contributed by atoms with van der Waals surface area (Å²) < 4.78 is 29.7. The minimum atomic E-state index is -3.29. The van der Waals surface area contributed by atoms with Gasteiger partial charge in [-0.3, -0.25) is 4.79 Å². The van der Waals surface area contributed by atoms with Crippen LogP contribution < -0.4 is 5.56 Å². The molecule has 0 unspecified atom stereocenters. The Labute approximate surface area is 139 Å². The van der Waals surface area contributed by atoms with Crippen LogP contribution in [0.4, 0.5) is 0 Å². The van der Waals surface area contributed by atoms with Gasteiger partial charge < -0.3 is 9.40 Å². The number of H-pyrrole nitrogens is 1. The average Bonchev–Trinajstić information content (AvgIpc) is 2.98. The van der Waals surface area contributed by atoms with Crippen molar-refractivity contribution in [2.24, 2.45) is 0 Å². The van der Waals surface area contributed by atoms with Crippen molar-refractivity contribution in [2.75, 3.05) is 5.75 Å². The number of nitrogens with one attached hydrogen (secondary N) is 1. The molecule has 0 bridgehead atoms. The summed E-state index contributed by atoms with van der Waals surface area (Å²) in [5, 5.41) is 0. The van der Waals surface area contributed by atoms with Crippen LogP contribution in [-0.4, -0.2) is 24.1 Å². The topological polar surface area (TPSA) is 93.0 Å². The van der Waals surface area contributed by atoms with E-state index < -0.39 is 15.4 Å². The lowest BCUT2D eigenvalue weighted by molar-refractivity contribution is 0.590. The van der Waals surface area contributed by atoms with E-state index >= 15 is 0 Å². The summed E-state index contributed by atoms with van der Waals surface area (Å²) in [6.07, 6.45) is 1.39. The Morgan fingerprint density at radius 3 is 2.67 bits per heavy atom. The molecule has 2 aromatic heterocycles. The number of nitrogens with zero attached hydrogens (tertiary/aromatic N) is 1. The molecule has 0 amide bonds. The molecule has 3 aromatic rings. The molecular formula is C17H18N2O4S. The predicted octanol–water partition coefficient (Wildman–Crippen LogP) is 2.90. The third-order valence-electron chi connectivity index (χ3n) is 3.66. The van der Waals surface area contributed by atoms with Gasteiger partial charge in [-0.2, -0.15) is 0 Å². The Morgan fingerprint density at radius 2 is 1.96 bits per heavy atom. The second-order valence-electron chi connectivity index (χ2n) is 5.65. The minimum Gasteiger partial charge on any atom is -0.449 e. The Hall–Kier alpha value is -2.41. The number of unbranched alkanes of at least 4 members (excludes halogenated alkanes) is 1. The predicted molar refractivity (Wildman–Crippen MR) is 92.5 cm³/mol. The van der Waals surface area contributed by atoms with Crippen LogP contribution in [0, 0.1) is 0 Å². The molecular weight excluding hydrogens is 328 g/mol. The summed E-state index contributed by atoms with van der Waals surface area (Å²) in [5.74, 6) is 0.481. The number of benzene rings is 1. The van der Waals surface area contributed by atoms with E-state index in [0.717, 1.165) is 12.0 Å². The molecule has 1 N–H and O–H groups in total. The van der Waals surface area contributed by atoms with Gasteiger partial charge in [0.2, 0.25) is 5.58 Å². The van der Waals surface area contributed by atoms with Crippen molar-refractivity contribution in [2.45, 2.75) is 25.5 Å². The van der Waals surface area contributed by atoms with Crippen molar-refractivity contribution in [3.8, 4) is 11.3 Å². The maximum atomic E-state index is 12.2. The summed E-state index contributed by atoms with van der Waals surface area (Å²) in [7, 11) is -3.29. The number of hydrogen-bond acceptors (Lipinski definition) is 5.